The van der Waals surface area contributed by atoms with Gasteiger partial charge in [0.05, 0.1) is 9.76 Å². The summed E-state index contributed by atoms with van der Waals surface area (Å²) in [7, 11) is -6.48. The average molecular weight is 354 g/mol. The van der Waals surface area contributed by atoms with E-state index in [0.717, 1.165) is 6.92 Å². The molecule has 122 valence electrons. The van der Waals surface area contributed by atoms with Crippen molar-refractivity contribution in [3.05, 3.63) is 54.1 Å². The number of sulfone groups is 1. The second kappa shape index (κ2) is 6.51. The number of allylic oxidation sites excluding steroid dienone is 4. The molecule has 0 bridgehead atoms. The molecule has 1 aliphatic carbocycles. The van der Waals surface area contributed by atoms with E-state index in [9.17, 15) is 21.6 Å². The Morgan fingerprint density at radius 2 is 1.96 bits per heavy atom. The smallest absolute Gasteiger partial charge is 0.321 e. The van der Waals surface area contributed by atoms with Gasteiger partial charge in [0.1, 0.15) is 0 Å². The monoisotopic (exact) mass is 354 g/mol. The van der Waals surface area contributed by atoms with E-state index >= 15 is 0 Å². The fraction of sp³-hybridized carbons (Fsp3) is 0.200. The molecule has 1 N–H and O–H groups in total. The van der Waals surface area contributed by atoms with Gasteiger partial charge >= 0.3 is 5.97 Å². The predicted molar refractivity (Wildman–Crippen MR) is 85.7 cm³/mol. The molecule has 0 aliphatic heterocycles. The molecule has 0 saturated heterocycles. The minimum Gasteiger partial charge on any atom is -0.480 e. The molecule has 0 amide bonds. The van der Waals surface area contributed by atoms with Crippen LogP contribution in [0.15, 0.2) is 53.5 Å². The average Bonchev–Trinajstić information content (AvgIpc) is 2.54. The standard InChI is InChI=1S/C15H14O6S2/c1-10(15(16)17)23(20,21)12-6-4-5-11(9-12)13-7-2-3-8-14(13)22(18)19/h2-10,13H,1H3,(H,16,17). The summed E-state index contributed by atoms with van der Waals surface area (Å²) >= 11 is 0. The van der Waals surface area contributed by atoms with Crippen molar-refractivity contribution in [3.63, 3.8) is 0 Å². The van der Waals surface area contributed by atoms with Gasteiger partial charge in [0.25, 0.3) is 0 Å². The topological polar surface area (TPSA) is 106 Å². The number of aliphatic carboxylic acids is 1. The van der Waals surface area contributed by atoms with Crippen molar-refractivity contribution in [1.82, 2.24) is 0 Å². The molecule has 0 fully saturated rings. The van der Waals surface area contributed by atoms with Crippen molar-refractivity contribution in [3.8, 4) is 0 Å². The lowest BCUT2D eigenvalue weighted by atomic mass is 9.92. The number of carboxylic acid groups (broad SMARTS) is 1. The maximum absolute atomic E-state index is 12.3. The van der Waals surface area contributed by atoms with Gasteiger partial charge in [-0.05, 0) is 30.7 Å². The maximum Gasteiger partial charge on any atom is 0.321 e. The Kier molecular flexibility index (Phi) is 4.86. The van der Waals surface area contributed by atoms with E-state index in [1.165, 1.54) is 24.3 Å². The van der Waals surface area contributed by atoms with Crippen LogP contribution >= 0.6 is 0 Å². The lowest BCUT2D eigenvalue weighted by Crippen LogP contribution is -2.27. The van der Waals surface area contributed by atoms with Crippen molar-refractivity contribution >= 4 is 31.0 Å². The zero-order chi connectivity index (χ0) is 17.2. The van der Waals surface area contributed by atoms with Gasteiger partial charge in [-0.15, -0.1) is 0 Å². The number of rotatable bonds is 4. The highest BCUT2D eigenvalue weighted by molar-refractivity contribution is 7.92. The number of benzene rings is 1. The molecule has 0 heterocycles. The van der Waals surface area contributed by atoms with Crippen LogP contribution in [0.1, 0.15) is 18.4 Å². The van der Waals surface area contributed by atoms with Crippen molar-refractivity contribution in [2.45, 2.75) is 23.0 Å². The largest absolute Gasteiger partial charge is 0.480 e. The molecule has 0 spiro atoms. The van der Waals surface area contributed by atoms with E-state index in [-0.39, 0.29) is 9.76 Å². The lowest BCUT2D eigenvalue weighted by molar-refractivity contribution is -0.136. The lowest BCUT2D eigenvalue weighted by Gasteiger charge is -2.16. The molecular weight excluding hydrogens is 340 g/mol. The third-order valence-corrected chi connectivity index (χ3v) is 6.35. The normalized spacial score (nSPS) is 18.7. The van der Waals surface area contributed by atoms with Gasteiger partial charge in [-0.3, -0.25) is 4.79 Å². The molecular formula is C15H14O6S2. The van der Waals surface area contributed by atoms with Gasteiger partial charge in [0.15, 0.2) is 15.1 Å². The van der Waals surface area contributed by atoms with Gasteiger partial charge in [-0.1, -0.05) is 30.4 Å². The first-order chi connectivity index (χ1) is 10.7. The minimum absolute atomic E-state index is 0.119. The Morgan fingerprint density at radius 3 is 2.57 bits per heavy atom. The summed E-state index contributed by atoms with van der Waals surface area (Å²) in [6.45, 7) is 1.10. The number of carboxylic acids is 1. The van der Waals surface area contributed by atoms with E-state index in [0.29, 0.717) is 5.56 Å². The zero-order valence-electron chi connectivity index (χ0n) is 12.1. The molecule has 6 nitrogen and oxygen atoms in total. The zero-order valence-corrected chi connectivity index (χ0v) is 13.7. The van der Waals surface area contributed by atoms with E-state index in [1.54, 1.807) is 24.3 Å². The minimum atomic E-state index is -4.04. The highest BCUT2D eigenvalue weighted by Crippen LogP contribution is 2.26. The second-order valence-corrected chi connectivity index (χ2v) is 8.17. The Hall–Kier alpha value is -2.19. The summed E-state index contributed by atoms with van der Waals surface area (Å²) in [5, 5.41) is 7.34. The van der Waals surface area contributed by atoms with E-state index < -0.39 is 37.3 Å². The van der Waals surface area contributed by atoms with Crippen molar-refractivity contribution in [2.24, 2.45) is 0 Å². The SMILES string of the molecule is CC(C(=O)O)S(=O)(=O)c1cccc(C2C=CC=CC2=S(=O)=O)c1. The molecule has 1 aromatic rings. The first-order valence-electron chi connectivity index (χ1n) is 6.63. The van der Waals surface area contributed by atoms with Crippen LogP contribution in [0.3, 0.4) is 0 Å². The van der Waals surface area contributed by atoms with Crippen LogP contribution in [-0.2, 0) is 24.9 Å². The van der Waals surface area contributed by atoms with Gasteiger partial charge < -0.3 is 5.11 Å². The van der Waals surface area contributed by atoms with Crippen LogP contribution in [0.25, 0.3) is 0 Å². The summed E-state index contributed by atoms with van der Waals surface area (Å²) < 4.78 is 47.2. The van der Waals surface area contributed by atoms with Gasteiger partial charge in [0, 0.05) is 5.92 Å². The van der Waals surface area contributed by atoms with E-state index in [4.69, 9.17) is 5.11 Å². The fourth-order valence-corrected chi connectivity index (χ4v) is 4.03. The Morgan fingerprint density at radius 1 is 1.26 bits per heavy atom. The molecule has 0 aromatic heterocycles. The molecule has 0 saturated carbocycles. The summed E-state index contributed by atoms with van der Waals surface area (Å²) in [4.78, 5) is 10.9. The Balaban J connectivity index is 2.54. The van der Waals surface area contributed by atoms with Gasteiger partial charge in [0.2, 0.25) is 10.3 Å². The van der Waals surface area contributed by atoms with Crippen molar-refractivity contribution in [1.29, 1.82) is 0 Å². The summed E-state index contributed by atoms with van der Waals surface area (Å²) in [5.74, 6) is -2.04. The van der Waals surface area contributed by atoms with Crippen LogP contribution < -0.4 is 0 Å². The van der Waals surface area contributed by atoms with Crippen LogP contribution in [0.5, 0.6) is 0 Å². The van der Waals surface area contributed by atoms with Gasteiger partial charge in [-0.25, -0.2) is 8.42 Å². The van der Waals surface area contributed by atoms with E-state index in [1.807, 2.05) is 0 Å². The van der Waals surface area contributed by atoms with Crippen LogP contribution in [0, 0.1) is 0 Å². The quantitative estimate of drug-likeness (QED) is 0.814. The first-order valence-corrected chi connectivity index (χ1v) is 9.25. The Labute approximate surface area is 135 Å². The highest BCUT2D eigenvalue weighted by atomic mass is 32.2. The van der Waals surface area contributed by atoms with E-state index in [2.05, 4.69) is 0 Å². The third-order valence-electron chi connectivity index (χ3n) is 3.53. The van der Waals surface area contributed by atoms with Crippen molar-refractivity contribution in [2.75, 3.05) is 0 Å². The first kappa shape index (κ1) is 17.2. The molecule has 0 radical (unpaired) electrons. The molecule has 1 aromatic carbocycles. The Bertz CT molecular complexity index is 928. The van der Waals surface area contributed by atoms with Crippen LogP contribution in [0.2, 0.25) is 0 Å². The van der Waals surface area contributed by atoms with Crippen LogP contribution in [-0.4, -0.2) is 38.0 Å². The predicted octanol–water partition coefficient (Wildman–Crippen LogP) is 1.19. The molecule has 8 heteroatoms. The summed E-state index contributed by atoms with van der Waals surface area (Å²) in [6.07, 6.45) is 6.32. The third kappa shape index (κ3) is 3.43. The highest BCUT2D eigenvalue weighted by Gasteiger charge is 2.30. The van der Waals surface area contributed by atoms with Crippen LogP contribution in [0.4, 0.5) is 0 Å². The number of hydrogen-bond acceptors (Lipinski definition) is 5. The molecule has 2 unspecified atom stereocenters. The number of carbonyl (C=O) groups is 1. The van der Waals surface area contributed by atoms with Crippen molar-refractivity contribution < 1.29 is 26.7 Å². The molecule has 2 atom stereocenters. The molecule has 23 heavy (non-hydrogen) atoms. The number of hydrogen-bond donors (Lipinski definition) is 1. The fourth-order valence-electron chi connectivity index (χ4n) is 2.18. The summed E-state index contributed by atoms with van der Waals surface area (Å²) in [5.41, 5.74) is 0.462. The molecule has 1 aliphatic rings. The maximum atomic E-state index is 12.3. The van der Waals surface area contributed by atoms with Gasteiger partial charge in [-0.2, -0.15) is 8.42 Å². The summed E-state index contributed by atoms with van der Waals surface area (Å²) in [6, 6.07) is 5.68. The molecule has 2 rings (SSSR count). The second-order valence-electron chi connectivity index (χ2n) is 4.96.